The van der Waals surface area contributed by atoms with Crippen LogP contribution in [0.25, 0.3) is 11.0 Å². The molecule has 0 atom stereocenters. The molecule has 0 bridgehead atoms. The van der Waals surface area contributed by atoms with Gasteiger partial charge in [-0.05, 0) is 18.9 Å². The van der Waals surface area contributed by atoms with Gasteiger partial charge in [-0.25, -0.2) is 4.98 Å². The van der Waals surface area contributed by atoms with E-state index >= 15 is 0 Å². The molecule has 0 aromatic carbocycles. The van der Waals surface area contributed by atoms with Gasteiger partial charge in [0.25, 0.3) is 0 Å². The van der Waals surface area contributed by atoms with E-state index in [1.807, 2.05) is 6.92 Å². The summed E-state index contributed by atoms with van der Waals surface area (Å²) in [5.74, 6) is 0.480. The zero-order valence-electron chi connectivity index (χ0n) is 9.90. The van der Waals surface area contributed by atoms with E-state index in [-0.39, 0.29) is 0 Å². The van der Waals surface area contributed by atoms with Gasteiger partial charge in [0.2, 0.25) is 0 Å². The molecule has 2 heterocycles. The van der Waals surface area contributed by atoms with Crippen LogP contribution in [0.2, 0.25) is 0 Å². The van der Waals surface area contributed by atoms with Crippen molar-refractivity contribution < 1.29 is 0 Å². The van der Waals surface area contributed by atoms with Gasteiger partial charge >= 0.3 is 0 Å². The van der Waals surface area contributed by atoms with Crippen molar-refractivity contribution in [3.05, 3.63) is 28.5 Å². The predicted molar refractivity (Wildman–Crippen MR) is 69.7 cm³/mol. The maximum atomic E-state index is 5.76. The molecule has 0 saturated carbocycles. The summed E-state index contributed by atoms with van der Waals surface area (Å²) in [7, 11) is 0. The number of aryl methyl sites for hydroxylation is 1. The fraction of sp³-hybridized carbons (Fsp3) is 0.417. The Hall–Kier alpha value is -1.13. The first-order valence-corrected chi connectivity index (χ1v) is 6.34. The normalized spacial score (nSPS) is 12.9. The summed E-state index contributed by atoms with van der Waals surface area (Å²) in [5, 5.41) is 2.05. The second-order valence-electron chi connectivity index (χ2n) is 4.22. The van der Waals surface area contributed by atoms with Crippen LogP contribution < -0.4 is 5.73 Å². The third-order valence-corrected chi connectivity index (χ3v) is 3.54. The average Bonchev–Trinajstić information content (AvgIpc) is 2.75. The number of aromatic nitrogens is 2. The van der Waals surface area contributed by atoms with Crippen LogP contribution in [0.3, 0.4) is 0 Å². The standard InChI is InChI=1S/C12H17N3S/c1-8(2)10(7-13)6-11-9(3)14-12-15(11)4-5-16-12/h4-6,8H,7,13H2,1-3H3. The number of imidazole rings is 1. The number of nitrogens with zero attached hydrogens (tertiary/aromatic N) is 2. The van der Waals surface area contributed by atoms with Crippen molar-refractivity contribution in [3.63, 3.8) is 0 Å². The highest BCUT2D eigenvalue weighted by molar-refractivity contribution is 7.15. The molecule has 16 heavy (non-hydrogen) atoms. The molecule has 3 nitrogen and oxygen atoms in total. The fourth-order valence-corrected chi connectivity index (χ4v) is 2.49. The lowest BCUT2D eigenvalue weighted by molar-refractivity contribution is 0.752. The minimum atomic E-state index is 0.480. The van der Waals surface area contributed by atoms with Crippen LogP contribution >= 0.6 is 11.3 Å². The number of hydrogen-bond acceptors (Lipinski definition) is 3. The van der Waals surface area contributed by atoms with E-state index in [9.17, 15) is 0 Å². The van der Waals surface area contributed by atoms with Gasteiger partial charge in [0.1, 0.15) is 0 Å². The minimum Gasteiger partial charge on any atom is -0.327 e. The van der Waals surface area contributed by atoms with Crippen molar-refractivity contribution in [1.82, 2.24) is 9.38 Å². The zero-order chi connectivity index (χ0) is 11.7. The van der Waals surface area contributed by atoms with E-state index in [0.29, 0.717) is 12.5 Å². The molecule has 0 aliphatic carbocycles. The van der Waals surface area contributed by atoms with E-state index < -0.39 is 0 Å². The third-order valence-electron chi connectivity index (χ3n) is 2.78. The topological polar surface area (TPSA) is 43.3 Å². The highest BCUT2D eigenvalue weighted by Crippen LogP contribution is 2.21. The van der Waals surface area contributed by atoms with Crippen LogP contribution in [-0.2, 0) is 0 Å². The first-order valence-electron chi connectivity index (χ1n) is 5.46. The maximum Gasteiger partial charge on any atom is 0.194 e. The fourth-order valence-electron chi connectivity index (χ4n) is 1.72. The van der Waals surface area contributed by atoms with Crippen molar-refractivity contribution in [2.75, 3.05) is 6.54 Å². The first kappa shape index (κ1) is 11.4. The maximum absolute atomic E-state index is 5.76. The van der Waals surface area contributed by atoms with Gasteiger partial charge in [0.05, 0.1) is 11.4 Å². The lowest BCUT2D eigenvalue weighted by Gasteiger charge is -2.08. The third kappa shape index (κ3) is 1.90. The van der Waals surface area contributed by atoms with Crippen LogP contribution in [0, 0.1) is 12.8 Å². The van der Waals surface area contributed by atoms with E-state index in [4.69, 9.17) is 5.73 Å². The van der Waals surface area contributed by atoms with Gasteiger partial charge in [0.15, 0.2) is 4.96 Å². The predicted octanol–water partition coefficient (Wildman–Crippen LogP) is 2.70. The van der Waals surface area contributed by atoms with Gasteiger partial charge in [-0.15, -0.1) is 11.3 Å². The summed E-state index contributed by atoms with van der Waals surface area (Å²) in [6, 6.07) is 0. The van der Waals surface area contributed by atoms with Crippen molar-refractivity contribution in [1.29, 1.82) is 0 Å². The highest BCUT2D eigenvalue weighted by atomic mass is 32.1. The molecular formula is C12H17N3S. The summed E-state index contributed by atoms with van der Waals surface area (Å²) in [4.78, 5) is 5.56. The molecule has 0 spiro atoms. The van der Waals surface area contributed by atoms with Gasteiger partial charge in [0, 0.05) is 18.1 Å². The molecule has 0 fully saturated rings. The number of fused-ring (bicyclic) bond motifs is 1. The van der Waals surface area contributed by atoms with E-state index in [2.05, 4.69) is 40.9 Å². The van der Waals surface area contributed by atoms with Crippen LogP contribution in [0.1, 0.15) is 25.2 Å². The summed E-state index contributed by atoms with van der Waals surface area (Å²) in [6.45, 7) is 6.98. The molecule has 0 amide bonds. The number of rotatable bonds is 3. The molecule has 2 rings (SSSR count). The van der Waals surface area contributed by atoms with Crippen molar-refractivity contribution in [2.24, 2.45) is 11.7 Å². The molecule has 2 aromatic rings. The largest absolute Gasteiger partial charge is 0.327 e. The Morgan fingerprint density at radius 2 is 2.38 bits per heavy atom. The molecule has 0 unspecified atom stereocenters. The molecule has 4 heteroatoms. The van der Waals surface area contributed by atoms with Crippen molar-refractivity contribution in [3.8, 4) is 0 Å². The molecule has 86 valence electrons. The van der Waals surface area contributed by atoms with E-state index in [0.717, 1.165) is 16.3 Å². The lowest BCUT2D eigenvalue weighted by atomic mass is 10.0. The zero-order valence-corrected chi connectivity index (χ0v) is 10.7. The second-order valence-corrected chi connectivity index (χ2v) is 5.09. The first-order chi connectivity index (χ1) is 7.63. The lowest BCUT2D eigenvalue weighted by Crippen LogP contribution is -2.08. The van der Waals surface area contributed by atoms with Gasteiger partial charge < -0.3 is 5.73 Å². The average molecular weight is 235 g/mol. The number of hydrogen-bond donors (Lipinski definition) is 1. The van der Waals surface area contributed by atoms with Crippen LogP contribution in [0.5, 0.6) is 0 Å². The Morgan fingerprint density at radius 3 is 3.00 bits per heavy atom. The van der Waals surface area contributed by atoms with Gasteiger partial charge in [-0.2, -0.15) is 0 Å². The number of thiazole rings is 1. The van der Waals surface area contributed by atoms with Crippen molar-refractivity contribution in [2.45, 2.75) is 20.8 Å². The van der Waals surface area contributed by atoms with E-state index in [1.165, 1.54) is 5.57 Å². The monoisotopic (exact) mass is 235 g/mol. The molecule has 0 aliphatic rings. The van der Waals surface area contributed by atoms with Crippen LogP contribution in [0.15, 0.2) is 17.2 Å². The quantitative estimate of drug-likeness (QED) is 0.889. The highest BCUT2D eigenvalue weighted by Gasteiger charge is 2.09. The van der Waals surface area contributed by atoms with E-state index in [1.54, 1.807) is 11.3 Å². The summed E-state index contributed by atoms with van der Waals surface area (Å²) < 4.78 is 2.12. The molecular weight excluding hydrogens is 218 g/mol. The Balaban J connectivity index is 2.53. The van der Waals surface area contributed by atoms with Crippen LogP contribution in [-0.4, -0.2) is 15.9 Å². The summed E-state index contributed by atoms with van der Waals surface area (Å²) in [5.41, 5.74) is 9.25. The Kier molecular flexibility index (Phi) is 3.12. The number of nitrogens with two attached hydrogens (primary N) is 1. The molecule has 2 N–H and O–H groups in total. The smallest absolute Gasteiger partial charge is 0.194 e. The SMILES string of the molecule is Cc1nc2sccn2c1C=C(CN)C(C)C. The molecule has 2 aromatic heterocycles. The molecule has 0 aliphatic heterocycles. The Bertz CT molecular complexity index is 519. The minimum absolute atomic E-state index is 0.480. The van der Waals surface area contributed by atoms with Crippen molar-refractivity contribution >= 4 is 22.4 Å². The molecule has 0 saturated heterocycles. The van der Waals surface area contributed by atoms with Crippen LogP contribution in [0.4, 0.5) is 0 Å². The second kappa shape index (κ2) is 4.39. The van der Waals surface area contributed by atoms with Gasteiger partial charge in [-0.1, -0.05) is 19.4 Å². The summed E-state index contributed by atoms with van der Waals surface area (Å²) in [6.07, 6.45) is 4.23. The van der Waals surface area contributed by atoms with Gasteiger partial charge in [-0.3, -0.25) is 4.40 Å². The summed E-state index contributed by atoms with van der Waals surface area (Å²) >= 11 is 1.66. The Morgan fingerprint density at radius 1 is 1.62 bits per heavy atom. The Labute approximate surface area is 99.6 Å². The molecule has 0 radical (unpaired) electrons.